The van der Waals surface area contributed by atoms with Crippen molar-refractivity contribution in [3.05, 3.63) is 12.2 Å². The van der Waals surface area contributed by atoms with Crippen LogP contribution in [0.2, 0.25) is 0 Å². The standard InChI is InChI=1S/C13H23N3O2/c1-10(2)16-12(14-9-15-16)11(17)13(18)7-5-3-4-6-8-13/h9-11,17-18H,3-8H2,1-2H3. The highest BCUT2D eigenvalue weighted by atomic mass is 16.3. The second-order valence-electron chi connectivity index (χ2n) is 5.58. The first kappa shape index (κ1) is 13.5. The topological polar surface area (TPSA) is 71.2 Å². The second kappa shape index (κ2) is 5.36. The summed E-state index contributed by atoms with van der Waals surface area (Å²) in [5, 5.41) is 25.3. The fourth-order valence-electron chi connectivity index (χ4n) is 2.71. The van der Waals surface area contributed by atoms with Crippen molar-refractivity contribution in [3.63, 3.8) is 0 Å². The van der Waals surface area contributed by atoms with Crippen LogP contribution in [-0.4, -0.2) is 30.6 Å². The molecule has 1 fully saturated rings. The molecule has 1 heterocycles. The van der Waals surface area contributed by atoms with Crippen LogP contribution in [0.3, 0.4) is 0 Å². The molecule has 0 radical (unpaired) electrons. The molecule has 1 unspecified atom stereocenters. The Kier molecular flexibility index (Phi) is 4.02. The summed E-state index contributed by atoms with van der Waals surface area (Å²) in [7, 11) is 0. The van der Waals surface area contributed by atoms with Gasteiger partial charge in [0.1, 0.15) is 12.4 Å². The molecule has 0 aromatic carbocycles. The van der Waals surface area contributed by atoms with Gasteiger partial charge in [-0.15, -0.1) is 0 Å². The molecule has 0 spiro atoms. The van der Waals surface area contributed by atoms with Gasteiger partial charge in [-0.05, 0) is 26.7 Å². The number of hydrogen-bond acceptors (Lipinski definition) is 4. The minimum atomic E-state index is -1.05. The number of aromatic nitrogens is 3. The van der Waals surface area contributed by atoms with E-state index < -0.39 is 11.7 Å². The average molecular weight is 253 g/mol. The second-order valence-corrected chi connectivity index (χ2v) is 5.58. The number of rotatable bonds is 3. The van der Waals surface area contributed by atoms with Crippen molar-refractivity contribution in [1.29, 1.82) is 0 Å². The zero-order valence-electron chi connectivity index (χ0n) is 11.2. The predicted octanol–water partition coefficient (Wildman–Crippen LogP) is 1.98. The summed E-state index contributed by atoms with van der Waals surface area (Å²) in [4.78, 5) is 4.13. The van der Waals surface area contributed by atoms with Crippen LogP contribution < -0.4 is 0 Å². The van der Waals surface area contributed by atoms with Crippen LogP contribution in [0.15, 0.2) is 6.33 Å². The van der Waals surface area contributed by atoms with Gasteiger partial charge in [-0.2, -0.15) is 5.10 Å². The zero-order chi connectivity index (χ0) is 13.2. The van der Waals surface area contributed by atoms with E-state index in [0.717, 1.165) is 25.7 Å². The van der Waals surface area contributed by atoms with Crippen LogP contribution in [0.25, 0.3) is 0 Å². The van der Waals surface area contributed by atoms with Crippen LogP contribution >= 0.6 is 0 Å². The van der Waals surface area contributed by atoms with E-state index in [0.29, 0.717) is 18.7 Å². The highest BCUT2D eigenvalue weighted by Crippen LogP contribution is 2.37. The van der Waals surface area contributed by atoms with Crippen molar-refractivity contribution in [2.24, 2.45) is 0 Å². The largest absolute Gasteiger partial charge is 0.387 e. The maximum absolute atomic E-state index is 10.7. The van der Waals surface area contributed by atoms with Gasteiger partial charge in [0.05, 0.1) is 5.60 Å². The molecule has 2 N–H and O–H groups in total. The maximum Gasteiger partial charge on any atom is 0.158 e. The minimum absolute atomic E-state index is 0.131. The van der Waals surface area contributed by atoms with Gasteiger partial charge in [0.2, 0.25) is 0 Å². The lowest BCUT2D eigenvalue weighted by molar-refractivity contribution is -0.0923. The molecule has 0 saturated heterocycles. The lowest BCUT2D eigenvalue weighted by atomic mass is 9.88. The molecule has 1 aliphatic carbocycles. The van der Waals surface area contributed by atoms with Gasteiger partial charge in [-0.25, -0.2) is 9.67 Å². The van der Waals surface area contributed by atoms with E-state index in [-0.39, 0.29) is 6.04 Å². The Balaban J connectivity index is 2.23. The quantitative estimate of drug-likeness (QED) is 0.808. The summed E-state index contributed by atoms with van der Waals surface area (Å²) in [6.45, 7) is 3.98. The van der Waals surface area contributed by atoms with Crippen LogP contribution in [0.5, 0.6) is 0 Å². The van der Waals surface area contributed by atoms with E-state index in [1.807, 2.05) is 13.8 Å². The summed E-state index contributed by atoms with van der Waals surface area (Å²) in [6, 6.07) is 0.131. The summed E-state index contributed by atoms with van der Waals surface area (Å²) >= 11 is 0. The summed E-state index contributed by atoms with van der Waals surface area (Å²) < 4.78 is 1.69. The number of nitrogens with zero attached hydrogens (tertiary/aromatic N) is 3. The first-order valence-electron chi connectivity index (χ1n) is 6.84. The number of aliphatic hydroxyl groups excluding tert-OH is 1. The summed E-state index contributed by atoms with van der Waals surface area (Å²) in [5.41, 5.74) is -1.05. The van der Waals surface area contributed by atoms with E-state index in [2.05, 4.69) is 10.1 Å². The number of hydrogen-bond donors (Lipinski definition) is 2. The first-order valence-corrected chi connectivity index (χ1v) is 6.84. The third kappa shape index (κ3) is 2.57. The van der Waals surface area contributed by atoms with Crippen LogP contribution in [-0.2, 0) is 0 Å². The Morgan fingerprint density at radius 3 is 2.39 bits per heavy atom. The predicted molar refractivity (Wildman–Crippen MR) is 68.0 cm³/mol. The Morgan fingerprint density at radius 2 is 1.83 bits per heavy atom. The lowest BCUT2D eigenvalue weighted by Gasteiger charge is -2.31. The van der Waals surface area contributed by atoms with Gasteiger partial charge >= 0.3 is 0 Å². The van der Waals surface area contributed by atoms with Crippen LogP contribution in [0.4, 0.5) is 0 Å². The van der Waals surface area contributed by atoms with Gasteiger partial charge in [0, 0.05) is 6.04 Å². The molecule has 102 valence electrons. The molecule has 0 bridgehead atoms. The summed E-state index contributed by atoms with van der Waals surface area (Å²) in [6.07, 6.45) is 5.96. The van der Waals surface area contributed by atoms with Crippen molar-refractivity contribution in [1.82, 2.24) is 14.8 Å². The Labute approximate surface area is 108 Å². The fourth-order valence-corrected chi connectivity index (χ4v) is 2.71. The van der Waals surface area contributed by atoms with Gasteiger partial charge in [0.15, 0.2) is 5.82 Å². The molecule has 2 rings (SSSR count). The SMILES string of the molecule is CC(C)n1ncnc1C(O)C1(O)CCCCCC1. The monoisotopic (exact) mass is 253 g/mol. The molecule has 1 saturated carbocycles. The molecule has 1 aliphatic rings. The Morgan fingerprint density at radius 1 is 1.22 bits per heavy atom. The van der Waals surface area contributed by atoms with Gasteiger partial charge in [-0.3, -0.25) is 0 Å². The van der Waals surface area contributed by atoms with Crippen molar-refractivity contribution < 1.29 is 10.2 Å². The summed E-state index contributed by atoms with van der Waals surface area (Å²) in [5.74, 6) is 0.481. The van der Waals surface area contributed by atoms with Crippen LogP contribution in [0.1, 0.15) is 70.3 Å². The van der Waals surface area contributed by atoms with E-state index in [4.69, 9.17) is 0 Å². The molecule has 0 amide bonds. The smallest absolute Gasteiger partial charge is 0.158 e. The first-order chi connectivity index (χ1) is 8.54. The molecule has 18 heavy (non-hydrogen) atoms. The molecule has 1 aromatic heterocycles. The highest BCUT2D eigenvalue weighted by Gasteiger charge is 2.39. The molecular formula is C13H23N3O2. The van der Waals surface area contributed by atoms with Gasteiger partial charge in [-0.1, -0.05) is 25.7 Å². The Bertz CT molecular complexity index is 381. The van der Waals surface area contributed by atoms with E-state index in [1.54, 1.807) is 4.68 Å². The highest BCUT2D eigenvalue weighted by molar-refractivity contribution is 5.02. The fraction of sp³-hybridized carbons (Fsp3) is 0.846. The molecule has 1 atom stereocenters. The Hall–Kier alpha value is -0.940. The molecule has 0 aliphatic heterocycles. The minimum Gasteiger partial charge on any atom is -0.387 e. The molecule has 1 aromatic rings. The average Bonchev–Trinajstić information content (AvgIpc) is 2.72. The molecule has 5 heteroatoms. The van der Waals surface area contributed by atoms with E-state index in [1.165, 1.54) is 6.33 Å². The van der Waals surface area contributed by atoms with Crippen molar-refractivity contribution >= 4 is 0 Å². The van der Waals surface area contributed by atoms with Gasteiger partial charge < -0.3 is 10.2 Å². The van der Waals surface area contributed by atoms with E-state index in [9.17, 15) is 10.2 Å². The van der Waals surface area contributed by atoms with Crippen molar-refractivity contribution in [2.45, 2.75) is 70.1 Å². The molecular weight excluding hydrogens is 230 g/mol. The lowest BCUT2D eigenvalue weighted by Crippen LogP contribution is -2.37. The third-order valence-corrected chi connectivity index (χ3v) is 3.81. The maximum atomic E-state index is 10.7. The zero-order valence-corrected chi connectivity index (χ0v) is 11.2. The van der Waals surface area contributed by atoms with E-state index >= 15 is 0 Å². The van der Waals surface area contributed by atoms with Gasteiger partial charge in [0.25, 0.3) is 0 Å². The number of aliphatic hydroxyl groups is 2. The normalized spacial score (nSPS) is 21.8. The van der Waals surface area contributed by atoms with Crippen molar-refractivity contribution in [3.8, 4) is 0 Å². The van der Waals surface area contributed by atoms with Crippen molar-refractivity contribution in [2.75, 3.05) is 0 Å². The molecule has 5 nitrogen and oxygen atoms in total. The third-order valence-electron chi connectivity index (χ3n) is 3.81. The van der Waals surface area contributed by atoms with Crippen LogP contribution in [0, 0.1) is 0 Å².